The van der Waals surface area contributed by atoms with E-state index in [2.05, 4.69) is 20.0 Å². The molecule has 0 aliphatic heterocycles. The maximum absolute atomic E-state index is 12.9. The Balaban J connectivity index is 1.83. The van der Waals surface area contributed by atoms with Crippen LogP contribution in [-0.4, -0.2) is 47.9 Å². The zero-order valence-electron chi connectivity index (χ0n) is 17.7. The molecule has 2 aromatic carbocycles. The van der Waals surface area contributed by atoms with Crippen molar-refractivity contribution in [2.75, 3.05) is 18.5 Å². The SMILES string of the molecule is CCC(CO)Nc1ncc(Cl)c(-c2ccc(S(=O)(=O)N[C@H](CO)c3cccc(Cl)c3)cc2)n1. The lowest BCUT2D eigenvalue weighted by atomic mass is 10.1. The molecule has 4 N–H and O–H groups in total. The minimum Gasteiger partial charge on any atom is -0.394 e. The van der Waals surface area contributed by atoms with Gasteiger partial charge in [0.05, 0.1) is 47.1 Å². The Hall–Kier alpha value is -2.27. The van der Waals surface area contributed by atoms with Gasteiger partial charge >= 0.3 is 0 Å². The molecular weight excluding hydrogens is 487 g/mol. The zero-order valence-corrected chi connectivity index (χ0v) is 20.1. The molecule has 1 aromatic heterocycles. The maximum atomic E-state index is 12.9. The number of aliphatic hydroxyl groups is 2. The number of nitrogens with zero attached hydrogens (tertiary/aromatic N) is 2. The van der Waals surface area contributed by atoms with E-state index in [0.717, 1.165) is 0 Å². The second-order valence-corrected chi connectivity index (χ2v) is 9.82. The third-order valence-electron chi connectivity index (χ3n) is 4.96. The quantitative estimate of drug-likeness (QED) is 0.328. The number of hydrogen-bond donors (Lipinski definition) is 4. The van der Waals surface area contributed by atoms with E-state index in [-0.39, 0.29) is 17.5 Å². The van der Waals surface area contributed by atoms with Gasteiger partial charge in [-0.05, 0) is 36.2 Å². The van der Waals surface area contributed by atoms with Gasteiger partial charge in [-0.15, -0.1) is 0 Å². The molecule has 0 saturated heterocycles. The Bertz CT molecular complexity index is 1190. The van der Waals surface area contributed by atoms with Crippen molar-refractivity contribution in [1.29, 1.82) is 0 Å². The summed E-state index contributed by atoms with van der Waals surface area (Å²) in [6.07, 6.45) is 2.13. The van der Waals surface area contributed by atoms with Crippen molar-refractivity contribution in [2.24, 2.45) is 0 Å². The van der Waals surface area contributed by atoms with Crippen LogP contribution >= 0.6 is 23.2 Å². The average molecular weight is 511 g/mol. The van der Waals surface area contributed by atoms with Gasteiger partial charge in [0.1, 0.15) is 0 Å². The van der Waals surface area contributed by atoms with Crippen LogP contribution in [0.15, 0.2) is 59.6 Å². The third kappa shape index (κ3) is 6.41. The van der Waals surface area contributed by atoms with Gasteiger partial charge in [0, 0.05) is 10.6 Å². The molecule has 3 rings (SSSR count). The van der Waals surface area contributed by atoms with Gasteiger partial charge in [0.25, 0.3) is 0 Å². The van der Waals surface area contributed by atoms with E-state index in [1.807, 2.05) is 6.92 Å². The van der Waals surface area contributed by atoms with Gasteiger partial charge < -0.3 is 15.5 Å². The van der Waals surface area contributed by atoms with E-state index in [9.17, 15) is 18.6 Å². The highest BCUT2D eigenvalue weighted by Gasteiger charge is 2.21. The van der Waals surface area contributed by atoms with Crippen molar-refractivity contribution in [3.8, 4) is 11.3 Å². The van der Waals surface area contributed by atoms with Gasteiger partial charge in [0.15, 0.2) is 0 Å². The van der Waals surface area contributed by atoms with E-state index >= 15 is 0 Å². The molecule has 2 atom stereocenters. The topological polar surface area (TPSA) is 124 Å². The van der Waals surface area contributed by atoms with Crippen LogP contribution < -0.4 is 10.0 Å². The molecule has 0 bridgehead atoms. The first-order chi connectivity index (χ1) is 15.8. The summed E-state index contributed by atoms with van der Waals surface area (Å²) in [5, 5.41) is 22.8. The molecule has 1 heterocycles. The number of aromatic nitrogens is 2. The first-order valence-corrected chi connectivity index (χ1v) is 12.4. The van der Waals surface area contributed by atoms with Crippen LogP contribution in [0.4, 0.5) is 5.95 Å². The van der Waals surface area contributed by atoms with E-state index in [1.165, 1.54) is 18.3 Å². The molecule has 1 unspecified atom stereocenters. The van der Waals surface area contributed by atoms with Crippen LogP contribution in [0.1, 0.15) is 24.9 Å². The van der Waals surface area contributed by atoms with Crippen molar-refractivity contribution in [3.05, 3.63) is 70.3 Å². The summed E-state index contributed by atoms with van der Waals surface area (Å²) in [5.74, 6) is 0.306. The van der Waals surface area contributed by atoms with Crippen LogP contribution in [0.5, 0.6) is 0 Å². The van der Waals surface area contributed by atoms with E-state index in [4.69, 9.17) is 23.2 Å². The zero-order chi connectivity index (χ0) is 24.0. The summed E-state index contributed by atoms with van der Waals surface area (Å²) >= 11 is 12.2. The summed E-state index contributed by atoms with van der Waals surface area (Å²) in [7, 11) is -3.93. The van der Waals surface area contributed by atoms with Crippen molar-refractivity contribution in [2.45, 2.75) is 30.3 Å². The lowest BCUT2D eigenvalue weighted by Crippen LogP contribution is -2.30. The highest BCUT2D eigenvalue weighted by Crippen LogP contribution is 2.28. The number of nitrogens with one attached hydrogen (secondary N) is 2. The first-order valence-electron chi connectivity index (χ1n) is 10.2. The smallest absolute Gasteiger partial charge is 0.241 e. The Morgan fingerprint density at radius 1 is 1.06 bits per heavy atom. The maximum Gasteiger partial charge on any atom is 0.241 e. The molecular formula is C22H24Cl2N4O4S. The van der Waals surface area contributed by atoms with E-state index < -0.39 is 22.7 Å². The largest absolute Gasteiger partial charge is 0.394 e. The molecule has 0 fully saturated rings. The summed E-state index contributed by atoms with van der Waals surface area (Å²) in [6.45, 7) is 1.42. The first kappa shape index (κ1) is 25.4. The molecule has 176 valence electrons. The normalized spacial score (nSPS) is 13.5. The summed E-state index contributed by atoms with van der Waals surface area (Å²) < 4.78 is 28.2. The number of anilines is 1. The lowest BCUT2D eigenvalue weighted by molar-refractivity contribution is 0.259. The van der Waals surface area contributed by atoms with E-state index in [0.29, 0.717) is 39.2 Å². The minimum absolute atomic E-state index is 0.0154. The number of sulfonamides is 1. The van der Waals surface area contributed by atoms with Crippen LogP contribution in [0, 0.1) is 0 Å². The predicted octanol–water partition coefficient (Wildman–Crippen LogP) is 3.65. The van der Waals surface area contributed by atoms with Gasteiger partial charge in [-0.2, -0.15) is 0 Å². The minimum atomic E-state index is -3.93. The fraction of sp³-hybridized carbons (Fsp3) is 0.273. The van der Waals surface area contributed by atoms with Crippen molar-refractivity contribution in [3.63, 3.8) is 0 Å². The third-order valence-corrected chi connectivity index (χ3v) is 6.96. The average Bonchev–Trinajstić information content (AvgIpc) is 2.82. The molecule has 0 radical (unpaired) electrons. The number of aliphatic hydroxyl groups excluding tert-OH is 2. The van der Waals surface area contributed by atoms with Crippen LogP contribution in [0.25, 0.3) is 11.3 Å². The van der Waals surface area contributed by atoms with Crippen molar-refractivity contribution in [1.82, 2.24) is 14.7 Å². The molecule has 0 aliphatic carbocycles. The van der Waals surface area contributed by atoms with E-state index in [1.54, 1.807) is 36.4 Å². The predicted molar refractivity (Wildman–Crippen MR) is 129 cm³/mol. The van der Waals surface area contributed by atoms with Gasteiger partial charge in [0.2, 0.25) is 16.0 Å². The number of hydrogen-bond acceptors (Lipinski definition) is 7. The molecule has 33 heavy (non-hydrogen) atoms. The molecule has 11 heteroatoms. The second-order valence-electron chi connectivity index (χ2n) is 7.26. The molecule has 0 aliphatic rings. The molecule has 8 nitrogen and oxygen atoms in total. The molecule has 0 saturated carbocycles. The number of halogens is 2. The summed E-state index contributed by atoms with van der Waals surface area (Å²) in [6, 6.07) is 11.6. The van der Waals surface area contributed by atoms with Crippen LogP contribution in [0.3, 0.4) is 0 Å². The van der Waals surface area contributed by atoms with Gasteiger partial charge in [-0.1, -0.05) is 54.4 Å². The Morgan fingerprint density at radius 2 is 1.79 bits per heavy atom. The molecule has 0 amide bonds. The Morgan fingerprint density at radius 3 is 2.39 bits per heavy atom. The lowest BCUT2D eigenvalue weighted by Gasteiger charge is -2.17. The van der Waals surface area contributed by atoms with Crippen LogP contribution in [0.2, 0.25) is 10.0 Å². The second kappa shape index (κ2) is 11.2. The highest BCUT2D eigenvalue weighted by atomic mass is 35.5. The highest BCUT2D eigenvalue weighted by molar-refractivity contribution is 7.89. The van der Waals surface area contributed by atoms with Crippen LogP contribution in [-0.2, 0) is 10.0 Å². The molecule has 0 spiro atoms. The molecule has 3 aromatic rings. The number of benzene rings is 2. The Labute approximate surface area is 202 Å². The number of rotatable bonds is 10. The summed E-state index contributed by atoms with van der Waals surface area (Å²) in [5.41, 5.74) is 1.56. The standard InChI is InChI=1S/C22H24Cl2N4O4S/c1-2-17(12-29)26-22-25-11-19(24)21(27-22)14-6-8-18(9-7-14)33(31,32)28-20(13-30)15-4-3-5-16(23)10-15/h3-11,17,20,28-30H,2,12-13H2,1H3,(H,25,26,27)/t17?,20-/m1/s1. The fourth-order valence-corrected chi connectivity index (χ4v) is 4.69. The van der Waals surface area contributed by atoms with Crippen molar-refractivity contribution < 1.29 is 18.6 Å². The van der Waals surface area contributed by atoms with Gasteiger partial charge in [-0.3, -0.25) is 0 Å². The monoisotopic (exact) mass is 510 g/mol. The Kier molecular flexibility index (Phi) is 8.63. The van der Waals surface area contributed by atoms with Gasteiger partial charge in [-0.25, -0.2) is 23.1 Å². The summed E-state index contributed by atoms with van der Waals surface area (Å²) in [4.78, 5) is 8.55. The van der Waals surface area contributed by atoms with Crippen molar-refractivity contribution >= 4 is 39.2 Å². The fourth-order valence-electron chi connectivity index (χ4n) is 3.08.